The Morgan fingerprint density at radius 2 is 2.03 bits per heavy atom. The Kier molecular flexibility index (Phi) is 5.18. The van der Waals surface area contributed by atoms with Gasteiger partial charge in [0, 0.05) is 12.4 Å². The van der Waals surface area contributed by atoms with Crippen molar-refractivity contribution in [3.05, 3.63) is 59.8 Å². The van der Waals surface area contributed by atoms with Crippen molar-refractivity contribution in [1.29, 1.82) is 0 Å². The minimum Gasteiger partial charge on any atom is -0.403 e. The second-order valence-electron chi connectivity index (χ2n) is 6.74. The first-order valence-corrected chi connectivity index (χ1v) is 8.32. The summed E-state index contributed by atoms with van der Waals surface area (Å²) in [7, 11) is 0. The zero-order valence-corrected chi connectivity index (χ0v) is 15.2. The van der Waals surface area contributed by atoms with Crippen molar-refractivity contribution in [2.45, 2.75) is 31.9 Å². The number of benzene rings is 1. The van der Waals surface area contributed by atoms with Gasteiger partial charge in [0.05, 0.1) is 17.8 Å². The third-order valence-electron chi connectivity index (χ3n) is 4.02. The molecule has 0 spiro atoms. The van der Waals surface area contributed by atoms with E-state index >= 15 is 0 Å². The predicted octanol–water partition coefficient (Wildman–Crippen LogP) is 3.01. The van der Waals surface area contributed by atoms with Crippen LogP contribution >= 0.6 is 0 Å². The van der Waals surface area contributed by atoms with Crippen molar-refractivity contribution < 1.29 is 32.2 Å². The zero-order chi connectivity index (χ0) is 21.4. The van der Waals surface area contributed by atoms with Gasteiger partial charge in [-0.05, 0) is 37.6 Å². The fraction of sp³-hybridized carbons (Fsp3) is 0.278. The van der Waals surface area contributed by atoms with Gasteiger partial charge in [0.25, 0.3) is 5.91 Å². The first kappa shape index (κ1) is 20.5. The molecule has 0 aliphatic heterocycles. The molecule has 3 aromatic rings. The molecule has 3 rings (SSSR count). The van der Waals surface area contributed by atoms with E-state index in [0.717, 1.165) is 18.2 Å². The van der Waals surface area contributed by atoms with Gasteiger partial charge in [-0.2, -0.15) is 5.10 Å². The van der Waals surface area contributed by atoms with Gasteiger partial charge < -0.3 is 15.2 Å². The summed E-state index contributed by atoms with van der Waals surface area (Å²) in [4.78, 5) is 16.8. The number of nitrogens with one attached hydrogen (secondary N) is 1. The van der Waals surface area contributed by atoms with Crippen LogP contribution in [-0.2, 0) is 0 Å². The summed E-state index contributed by atoms with van der Waals surface area (Å²) in [6.45, 7) is 2.73. The fourth-order valence-corrected chi connectivity index (χ4v) is 2.77. The molecule has 2 N–H and O–H groups in total. The molecule has 1 aromatic carbocycles. The maximum Gasteiger partial charge on any atom is 0.573 e. The number of hydrogen-bond acceptors (Lipinski definition) is 5. The van der Waals surface area contributed by atoms with Crippen LogP contribution in [0.1, 0.15) is 35.8 Å². The maximum atomic E-state index is 14.1. The Labute approximate surface area is 161 Å². The Balaban J connectivity index is 1.91. The summed E-state index contributed by atoms with van der Waals surface area (Å²) in [6.07, 6.45) is -0.722. The quantitative estimate of drug-likeness (QED) is 0.629. The minimum atomic E-state index is -5.05. The fourth-order valence-electron chi connectivity index (χ4n) is 2.77. The van der Waals surface area contributed by atoms with E-state index in [0.29, 0.717) is 0 Å². The molecule has 0 fully saturated rings. The average molecular weight is 412 g/mol. The monoisotopic (exact) mass is 412 g/mol. The number of amides is 1. The van der Waals surface area contributed by atoms with Crippen LogP contribution in [0.15, 0.2) is 42.9 Å². The van der Waals surface area contributed by atoms with E-state index in [9.17, 15) is 27.5 Å². The number of ether oxygens (including phenoxy) is 1. The van der Waals surface area contributed by atoms with Crippen molar-refractivity contribution in [2.24, 2.45) is 0 Å². The highest BCUT2D eigenvalue weighted by atomic mass is 19.4. The molecule has 154 valence electrons. The van der Waals surface area contributed by atoms with Gasteiger partial charge in [-0.1, -0.05) is 6.07 Å². The van der Waals surface area contributed by atoms with Crippen molar-refractivity contribution in [3.63, 3.8) is 0 Å². The van der Waals surface area contributed by atoms with E-state index in [1.165, 1.54) is 30.8 Å². The van der Waals surface area contributed by atoms with Gasteiger partial charge in [0.15, 0.2) is 17.2 Å². The van der Waals surface area contributed by atoms with Crippen molar-refractivity contribution >= 4 is 11.6 Å². The molecule has 1 unspecified atom stereocenters. The summed E-state index contributed by atoms with van der Waals surface area (Å²) in [6, 6.07) is 3.14. The lowest BCUT2D eigenvalue weighted by Gasteiger charge is -2.30. The number of carbonyl (C=O) groups is 1. The van der Waals surface area contributed by atoms with Crippen molar-refractivity contribution in [1.82, 2.24) is 19.9 Å². The highest BCUT2D eigenvalue weighted by Gasteiger charge is 2.34. The van der Waals surface area contributed by atoms with E-state index in [-0.39, 0.29) is 16.8 Å². The van der Waals surface area contributed by atoms with Crippen LogP contribution in [0.25, 0.3) is 5.65 Å². The number of nitrogens with zero attached hydrogens (tertiary/aromatic N) is 3. The second-order valence-corrected chi connectivity index (χ2v) is 6.74. The van der Waals surface area contributed by atoms with E-state index < -0.39 is 35.5 Å². The number of alkyl halides is 3. The first-order valence-electron chi connectivity index (χ1n) is 8.32. The number of halogens is 4. The van der Waals surface area contributed by atoms with Gasteiger partial charge in [0.1, 0.15) is 5.56 Å². The van der Waals surface area contributed by atoms with Gasteiger partial charge in [0.2, 0.25) is 0 Å². The Morgan fingerprint density at radius 3 is 2.66 bits per heavy atom. The molecule has 2 aromatic heterocycles. The highest BCUT2D eigenvalue weighted by Crippen LogP contribution is 2.31. The number of carbonyl (C=O) groups excluding carboxylic acids is 1. The van der Waals surface area contributed by atoms with Crippen LogP contribution in [-0.4, -0.2) is 37.6 Å². The number of aromatic nitrogens is 3. The van der Waals surface area contributed by atoms with Gasteiger partial charge >= 0.3 is 6.36 Å². The van der Waals surface area contributed by atoms with E-state index in [4.69, 9.17) is 0 Å². The predicted molar refractivity (Wildman–Crippen MR) is 92.6 cm³/mol. The summed E-state index contributed by atoms with van der Waals surface area (Å²) in [5, 5.41) is 17.0. The molecule has 0 saturated heterocycles. The molecule has 1 amide bonds. The smallest absolute Gasteiger partial charge is 0.403 e. The number of rotatable bonds is 5. The van der Waals surface area contributed by atoms with Gasteiger partial charge in [-0.15, -0.1) is 13.2 Å². The maximum absolute atomic E-state index is 14.1. The second kappa shape index (κ2) is 7.32. The lowest BCUT2D eigenvalue weighted by molar-refractivity contribution is -0.275. The molecule has 0 saturated carbocycles. The van der Waals surface area contributed by atoms with Crippen LogP contribution < -0.4 is 10.1 Å². The Morgan fingerprint density at radius 1 is 1.31 bits per heavy atom. The first-order chi connectivity index (χ1) is 13.5. The third-order valence-corrected chi connectivity index (χ3v) is 4.02. The highest BCUT2D eigenvalue weighted by molar-refractivity contribution is 5.99. The summed E-state index contributed by atoms with van der Waals surface area (Å²) in [5.74, 6) is -2.96. The lowest BCUT2D eigenvalue weighted by Crippen LogP contribution is -2.42. The summed E-state index contributed by atoms with van der Waals surface area (Å²) < 4.78 is 56.1. The molecular formula is C18H16F4N4O3. The average Bonchev–Trinajstić information content (AvgIpc) is 3.03. The molecule has 0 bridgehead atoms. The van der Waals surface area contributed by atoms with E-state index in [1.54, 1.807) is 12.3 Å². The molecule has 0 aliphatic rings. The van der Waals surface area contributed by atoms with Crippen molar-refractivity contribution in [2.75, 3.05) is 0 Å². The third kappa shape index (κ3) is 4.62. The largest absolute Gasteiger partial charge is 0.573 e. The summed E-state index contributed by atoms with van der Waals surface area (Å²) in [5.41, 5.74) is -1.16. The topological polar surface area (TPSA) is 88.8 Å². The minimum absolute atomic E-state index is 0.0438. The normalized spacial score (nSPS) is 13.3. The SMILES string of the molecule is CC(C)(O)C(NC(=O)c1cnn2cccnc12)c1ccc(OC(F)(F)F)c(F)c1. The zero-order valence-electron chi connectivity index (χ0n) is 15.2. The molecule has 0 radical (unpaired) electrons. The number of fused-ring (bicyclic) bond motifs is 1. The molecule has 11 heteroatoms. The molecule has 2 heterocycles. The molecule has 1 atom stereocenters. The van der Waals surface area contributed by atoms with Crippen LogP contribution in [0.5, 0.6) is 5.75 Å². The van der Waals surface area contributed by atoms with Crippen LogP contribution in [0, 0.1) is 5.82 Å². The van der Waals surface area contributed by atoms with Crippen LogP contribution in [0.4, 0.5) is 17.6 Å². The molecule has 7 nitrogen and oxygen atoms in total. The molecular weight excluding hydrogens is 396 g/mol. The van der Waals surface area contributed by atoms with E-state index in [2.05, 4.69) is 20.1 Å². The van der Waals surface area contributed by atoms with Gasteiger partial charge in [-0.25, -0.2) is 13.9 Å². The van der Waals surface area contributed by atoms with Crippen LogP contribution in [0.3, 0.4) is 0 Å². The summed E-state index contributed by atoms with van der Waals surface area (Å²) >= 11 is 0. The van der Waals surface area contributed by atoms with Gasteiger partial charge in [-0.3, -0.25) is 4.79 Å². The van der Waals surface area contributed by atoms with Crippen LogP contribution in [0.2, 0.25) is 0 Å². The van der Waals surface area contributed by atoms with Crippen molar-refractivity contribution in [3.8, 4) is 5.75 Å². The van der Waals surface area contributed by atoms with E-state index in [1.807, 2.05) is 0 Å². The molecule has 29 heavy (non-hydrogen) atoms. The number of aliphatic hydroxyl groups is 1. The Hall–Kier alpha value is -3.21. The standard InChI is InChI=1S/C18H16F4N4O3/c1-17(2,28)14(10-4-5-13(12(19)8-10)29-18(20,21)22)25-16(27)11-9-24-26-7-3-6-23-15(11)26/h3-9,14,28H,1-2H3,(H,25,27). The Bertz CT molecular complexity index is 1040. The molecule has 0 aliphatic carbocycles. The lowest BCUT2D eigenvalue weighted by atomic mass is 9.91. The number of hydrogen-bond donors (Lipinski definition) is 2.